The van der Waals surface area contributed by atoms with E-state index < -0.39 is 0 Å². The van der Waals surface area contributed by atoms with Gasteiger partial charge in [0.15, 0.2) is 0 Å². The molecule has 1 aromatic carbocycles. The van der Waals surface area contributed by atoms with Crippen molar-refractivity contribution in [3.8, 4) is 0 Å². The highest BCUT2D eigenvalue weighted by Crippen LogP contribution is 2.21. The fourth-order valence-electron chi connectivity index (χ4n) is 1.79. The molecule has 0 heterocycles. The van der Waals surface area contributed by atoms with Gasteiger partial charge in [-0.15, -0.1) is 0 Å². The van der Waals surface area contributed by atoms with Gasteiger partial charge in [-0.1, -0.05) is 38.1 Å². The molecule has 0 aromatic heterocycles. The van der Waals surface area contributed by atoms with Gasteiger partial charge < -0.3 is 9.84 Å². The van der Waals surface area contributed by atoms with Crippen LogP contribution < -0.4 is 0 Å². The summed E-state index contributed by atoms with van der Waals surface area (Å²) in [5.74, 6) is 0.541. The fourth-order valence-corrected chi connectivity index (χ4v) is 1.79. The third-order valence-corrected chi connectivity index (χ3v) is 2.96. The molecule has 0 saturated carbocycles. The summed E-state index contributed by atoms with van der Waals surface area (Å²) < 4.78 is 5.26. The summed E-state index contributed by atoms with van der Waals surface area (Å²) in [6.45, 7) is 7.82. The van der Waals surface area contributed by atoms with E-state index in [-0.39, 0.29) is 6.10 Å². The number of aliphatic hydroxyl groups is 1. The van der Waals surface area contributed by atoms with Crippen molar-refractivity contribution in [3.05, 3.63) is 35.4 Å². The van der Waals surface area contributed by atoms with Gasteiger partial charge in [0.25, 0.3) is 0 Å². The third-order valence-electron chi connectivity index (χ3n) is 2.96. The van der Waals surface area contributed by atoms with Gasteiger partial charge in [0.05, 0.1) is 6.10 Å². The largest absolute Gasteiger partial charge is 0.388 e. The van der Waals surface area contributed by atoms with Crippen LogP contribution in [0.2, 0.25) is 0 Å². The van der Waals surface area contributed by atoms with E-state index in [0.29, 0.717) is 5.92 Å². The van der Waals surface area contributed by atoms with Gasteiger partial charge >= 0.3 is 0 Å². The van der Waals surface area contributed by atoms with Crippen LogP contribution in [0.5, 0.6) is 0 Å². The normalized spacial score (nSPS) is 13.0. The minimum Gasteiger partial charge on any atom is -0.388 e. The first-order valence-corrected chi connectivity index (χ1v) is 6.50. The lowest BCUT2D eigenvalue weighted by atomic mass is 9.98. The van der Waals surface area contributed by atoms with Crippen LogP contribution in [-0.2, 0) is 4.74 Å². The van der Waals surface area contributed by atoms with E-state index >= 15 is 0 Å². The Labute approximate surface area is 105 Å². The Kier molecular flexibility index (Phi) is 6.23. The highest BCUT2D eigenvalue weighted by molar-refractivity contribution is 5.25. The molecule has 0 fully saturated rings. The zero-order valence-corrected chi connectivity index (χ0v) is 11.1. The molecule has 17 heavy (non-hydrogen) atoms. The standard InChI is InChI=1S/C15H24O2/c1-4-17-11-5-6-15(16)14-9-7-13(8-10-14)12(2)3/h7-10,12,15-16H,4-6,11H2,1-3H3. The van der Waals surface area contributed by atoms with Crippen LogP contribution in [0.25, 0.3) is 0 Å². The van der Waals surface area contributed by atoms with Gasteiger partial charge in [-0.2, -0.15) is 0 Å². The molecule has 0 bridgehead atoms. The number of hydrogen-bond acceptors (Lipinski definition) is 2. The van der Waals surface area contributed by atoms with Crippen LogP contribution in [0.1, 0.15) is 56.8 Å². The summed E-state index contributed by atoms with van der Waals surface area (Å²) in [5, 5.41) is 9.99. The van der Waals surface area contributed by atoms with Gasteiger partial charge in [-0.05, 0) is 36.8 Å². The van der Waals surface area contributed by atoms with Crippen LogP contribution in [0, 0.1) is 0 Å². The van der Waals surface area contributed by atoms with Gasteiger partial charge in [0, 0.05) is 13.2 Å². The molecule has 1 aromatic rings. The zero-order chi connectivity index (χ0) is 12.7. The molecule has 1 unspecified atom stereocenters. The summed E-state index contributed by atoms with van der Waals surface area (Å²) in [4.78, 5) is 0. The van der Waals surface area contributed by atoms with Crippen LogP contribution in [0.4, 0.5) is 0 Å². The maximum Gasteiger partial charge on any atom is 0.0790 e. The van der Waals surface area contributed by atoms with Crippen LogP contribution in [0.3, 0.4) is 0 Å². The molecule has 0 aliphatic carbocycles. The van der Waals surface area contributed by atoms with Crippen molar-refractivity contribution in [1.82, 2.24) is 0 Å². The molecular formula is C15H24O2. The van der Waals surface area contributed by atoms with E-state index in [0.717, 1.165) is 31.6 Å². The fraction of sp³-hybridized carbons (Fsp3) is 0.600. The highest BCUT2D eigenvalue weighted by atomic mass is 16.5. The average molecular weight is 236 g/mol. The molecule has 1 N–H and O–H groups in total. The zero-order valence-electron chi connectivity index (χ0n) is 11.1. The molecule has 2 heteroatoms. The lowest BCUT2D eigenvalue weighted by molar-refractivity contribution is 0.114. The Morgan fingerprint density at radius 3 is 2.24 bits per heavy atom. The number of rotatable bonds is 7. The van der Waals surface area contributed by atoms with Crippen molar-refractivity contribution in [2.75, 3.05) is 13.2 Å². The second-order valence-corrected chi connectivity index (χ2v) is 4.68. The summed E-state index contributed by atoms with van der Waals surface area (Å²) in [6.07, 6.45) is 1.30. The summed E-state index contributed by atoms with van der Waals surface area (Å²) in [5.41, 5.74) is 2.32. The molecule has 96 valence electrons. The lowest BCUT2D eigenvalue weighted by Gasteiger charge is -2.12. The maximum atomic E-state index is 9.99. The Bertz CT molecular complexity index is 303. The monoisotopic (exact) mass is 236 g/mol. The van der Waals surface area contributed by atoms with E-state index in [9.17, 15) is 5.11 Å². The number of aliphatic hydroxyl groups excluding tert-OH is 1. The Morgan fingerprint density at radius 2 is 1.71 bits per heavy atom. The predicted octanol–water partition coefficient (Wildman–Crippen LogP) is 3.66. The van der Waals surface area contributed by atoms with Gasteiger partial charge in [0.2, 0.25) is 0 Å². The topological polar surface area (TPSA) is 29.5 Å². The third kappa shape index (κ3) is 4.88. The predicted molar refractivity (Wildman–Crippen MR) is 71.2 cm³/mol. The Balaban J connectivity index is 2.43. The summed E-state index contributed by atoms with van der Waals surface area (Å²) in [7, 11) is 0. The van der Waals surface area contributed by atoms with Crippen LogP contribution in [0.15, 0.2) is 24.3 Å². The lowest BCUT2D eigenvalue weighted by Crippen LogP contribution is -2.01. The van der Waals surface area contributed by atoms with E-state index in [4.69, 9.17) is 4.74 Å². The molecule has 0 aliphatic rings. The molecule has 2 nitrogen and oxygen atoms in total. The van der Waals surface area contributed by atoms with E-state index in [1.165, 1.54) is 5.56 Å². The molecule has 1 rings (SSSR count). The van der Waals surface area contributed by atoms with Crippen molar-refractivity contribution < 1.29 is 9.84 Å². The number of ether oxygens (including phenoxy) is 1. The van der Waals surface area contributed by atoms with Crippen molar-refractivity contribution in [2.45, 2.75) is 45.6 Å². The number of benzene rings is 1. The van der Waals surface area contributed by atoms with Crippen molar-refractivity contribution in [3.63, 3.8) is 0 Å². The molecule has 0 radical (unpaired) electrons. The minimum atomic E-state index is -0.364. The second-order valence-electron chi connectivity index (χ2n) is 4.68. The average Bonchev–Trinajstić information content (AvgIpc) is 2.34. The first-order valence-electron chi connectivity index (χ1n) is 6.50. The van der Waals surface area contributed by atoms with Gasteiger partial charge in [-0.25, -0.2) is 0 Å². The van der Waals surface area contributed by atoms with Gasteiger partial charge in [0.1, 0.15) is 0 Å². The molecule has 0 spiro atoms. The van der Waals surface area contributed by atoms with Crippen molar-refractivity contribution >= 4 is 0 Å². The smallest absolute Gasteiger partial charge is 0.0790 e. The van der Waals surface area contributed by atoms with Crippen molar-refractivity contribution in [1.29, 1.82) is 0 Å². The van der Waals surface area contributed by atoms with E-state index in [1.807, 2.05) is 19.1 Å². The van der Waals surface area contributed by atoms with Crippen molar-refractivity contribution in [2.24, 2.45) is 0 Å². The number of hydrogen-bond donors (Lipinski definition) is 1. The van der Waals surface area contributed by atoms with E-state index in [2.05, 4.69) is 26.0 Å². The molecule has 0 saturated heterocycles. The van der Waals surface area contributed by atoms with Crippen LogP contribution in [-0.4, -0.2) is 18.3 Å². The minimum absolute atomic E-state index is 0.364. The van der Waals surface area contributed by atoms with Crippen LogP contribution >= 0.6 is 0 Å². The highest BCUT2D eigenvalue weighted by Gasteiger charge is 2.07. The summed E-state index contributed by atoms with van der Waals surface area (Å²) in [6, 6.07) is 8.26. The molecule has 1 atom stereocenters. The molecule has 0 aliphatic heterocycles. The first-order chi connectivity index (χ1) is 8.15. The Hall–Kier alpha value is -0.860. The Morgan fingerprint density at radius 1 is 1.12 bits per heavy atom. The quantitative estimate of drug-likeness (QED) is 0.732. The summed E-state index contributed by atoms with van der Waals surface area (Å²) >= 11 is 0. The second kappa shape index (κ2) is 7.46. The SMILES string of the molecule is CCOCCCC(O)c1ccc(C(C)C)cc1. The van der Waals surface area contributed by atoms with Gasteiger partial charge in [-0.3, -0.25) is 0 Å². The first kappa shape index (κ1) is 14.2. The molecule has 0 amide bonds. The molecular weight excluding hydrogens is 212 g/mol. The maximum absolute atomic E-state index is 9.99. The van der Waals surface area contributed by atoms with E-state index in [1.54, 1.807) is 0 Å².